The molecule has 0 N–H and O–H groups in total. The molecule has 0 saturated carbocycles. The topological polar surface area (TPSA) is 40.6 Å². The van der Waals surface area contributed by atoms with Crippen molar-refractivity contribution in [3.63, 3.8) is 0 Å². The van der Waals surface area contributed by atoms with Crippen molar-refractivity contribution in [2.75, 3.05) is 26.2 Å². The van der Waals surface area contributed by atoms with Gasteiger partial charge in [0.2, 0.25) is 5.91 Å². The van der Waals surface area contributed by atoms with Crippen LogP contribution in [0.4, 0.5) is 0 Å². The van der Waals surface area contributed by atoms with Crippen molar-refractivity contribution in [3.8, 4) is 0 Å². The van der Waals surface area contributed by atoms with E-state index in [4.69, 9.17) is 0 Å². The Bertz CT molecular complexity index is 564. The lowest BCUT2D eigenvalue weighted by Gasteiger charge is -2.36. The molecule has 4 nitrogen and oxygen atoms in total. The van der Waals surface area contributed by atoms with Gasteiger partial charge in [-0.05, 0) is 52.1 Å². The molecule has 1 atom stereocenters. The molecule has 2 fully saturated rings. The van der Waals surface area contributed by atoms with Crippen molar-refractivity contribution in [2.45, 2.75) is 45.1 Å². The number of hydrogen-bond donors (Lipinski definition) is 0. The zero-order valence-corrected chi connectivity index (χ0v) is 14.6. The quantitative estimate of drug-likeness (QED) is 0.798. The van der Waals surface area contributed by atoms with Gasteiger partial charge in [-0.15, -0.1) is 0 Å². The highest BCUT2D eigenvalue weighted by Gasteiger charge is 2.29. The fraction of sp³-hybridized carbons (Fsp3) is 0.600. The van der Waals surface area contributed by atoms with Crippen molar-refractivity contribution in [3.05, 3.63) is 35.9 Å². The Hall–Kier alpha value is -1.68. The van der Waals surface area contributed by atoms with Crippen LogP contribution in [-0.2, 0) is 4.79 Å². The van der Waals surface area contributed by atoms with Crippen LogP contribution < -0.4 is 0 Å². The fourth-order valence-electron chi connectivity index (χ4n) is 3.94. The van der Waals surface area contributed by atoms with Gasteiger partial charge >= 0.3 is 0 Å². The predicted molar refractivity (Wildman–Crippen MR) is 95.0 cm³/mol. The summed E-state index contributed by atoms with van der Waals surface area (Å²) in [6, 6.07) is 9.95. The molecule has 0 aromatic heterocycles. The number of ketones is 1. The minimum atomic E-state index is 0.104. The van der Waals surface area contributed by atoms with Crippen molar-refractivity contribution < 1.29 is 9.59 Å². The number of nitrogens with zero attached hydrogens (tertiary/aromatic N) is 2. The average Bonchev–Trinajstić information content (AvgIpc) is 2.63. The van der Waals surface area contributed by atoms with E-state index in [-0.39, 0.29) is 17.6 Å². The minimum absolute atomic E-state index is 0.104. The van der Waals surface area contributed by atoms with Crippen LogP contribution >= 0.6 is 0 Å². The van der Waals surface area contributed by atoms with Crippen LogP contribution in [0.2, 0.25) is 0 Å². The lowest BCUT2D eigenvalue weighted by atomic mass is 9.89. The molecule has 1 unspecified atom stereocenters. The molecular formula is C20H28N2O2. The van der Waals surface area contributed by atoms with Crippen molar-refractivity contribution in [2.24, 2.45) is 5.92 Å². The normalized spacial score (nSPS) is 23.2. The third kappa shape index (κ3) is 4.04. The van der Waals surface area contributed by atoms with E-state index in [0.29, 0.717) is 12.6 Å². The Morgan fingerprint density at radius 1 is 1.00 bits per heavy atom. The van der Waals surface area contributed by atoms with Crippen molar-refractivity contribution in [1.29, 1.82) is 0 Å². The van der Waals surface area contributed by atoms with Crippen LogP contribution in [0.15, 0.2) is 30.3 Å². The molecule has 2 aliphatic rings. The van der Waals surface area contributed by atoms with Crippen LogP contribution in [0.1, 0.15) is 49.4 Å². The molecule has 4 heteroatoms. The second-order valence-corrected chi connectivity index (χ2v) is 7.21. The van der Waals surface area contributed by atoms with Crippen LogP contribution in [0, 0.1) is 5.92 Å². The molecule has 1 amide bonds. The maximum Gasteiger partial charge on any atom is 0.236 e. The Labute approximate surface area is 144 Å². The first-order valence-corrected chi connectivity index (χ1v) is 9.26. The molecule has 130 valence electrons. The molecule has 3 rings (SSSR count). The Kier molecular flexibility index (Phi) is 5.67. The maximum atomic E-state index is 12.5. The summed E-state index contributed by atoms with van der Waals surface area (Å²) in [5, 5.41) is 0. The maximum absolute atomic E-state index is 12.5. The van der Waals surface area contributed by atoms with Gasteiger partial charge in [0, 0.05) is 24.1 Å². The summed E-state index contributed by atoms with van der Waals surface area (Å²) in [7, 11) is 0. The van der Waals surface area contributed by atoms with E-state index in [2.05, 4.69) is 11.8 Å². The minimum Gasteiger partial charge on any atom is -0.339 e. The Balaban J connectivity index is 1.48. The van der Waals surface area contributed by atoms with Gasteiger partial charge in [-0.3, -0.25) is 14.5 Å². The number of amides is 1. The number of likely N-dealkylation sites (tertiary alicyclic amines) is 2. The molecule has 0 bridgehead atoms. The van der Waals surface area contributed by atoms with E-state index in [0.717, 1.165) is 50.9 Å². The molecule has 2 saturated heterocycles. The number of carbonyl (C=O) groups excluding carboxylic acids is 2. The van der Waals surface area contributed by atoms with Crippen LogP contribution in [0.3, 0.4) is 0 Å². The molecule has 0 aliphatic carbocycles. The summed E-state index contributed by atoms with van der Waals surface area (Å²) in [6.07, 6.45) is 5.20. The number of piperidine rings is 2. The van der Waals surface area contributed by atoms with Gasteiger partial charge in [0.1, 0.15) is 0 Å². The molecule has 24 heavy (non-hydrogen) atoms. The molecule has 2 aliphatic heterocycles. The van der Waals surface area contributed by atoms with Gasteiger partial charge in [0.25, 0.3) is 0 Å². The van der Waals surface area contributed by atoms with E-state index >= 15 is 0 Å². The molecule has 0 spiro atoms. The number of Topliss-reactive ketones (excluding diaryl/α,β-unsaturated/α-hetero) is 1. The van der Waals surface area contributed by atoms with E-state index in [9.17, 15) is 9.59 Å². The van der Waals surface area contributed by atoms with Crippen LogP contribution in [0.25, 0.3) is 0 Å². The number of carbonyl (C=O) groups is 2. The second-order valence-electron chi connectivity index (χ2n) is 7.21. The summed E-state index contributed by atoms with van der Waals surface area (Å²) in [5.74, 6) is 0.619. The van der Waals surface area contributed by atoms with Gasteiger partial charge in [-0.25, -0.2) is 0 Å². The summed E-state index contributed by atoms with van der Waals surface area (Å²) in [5.41, 5.74) is 0.814. The van der Waals surface area contributed by atoms with Crippen molar-refractivity contribution >= 4 is 11.7 Å². The first-order valence-electron chi connectivity index (χ1n) is 9.26. The zero-order valence-electron chi connectivity index (χ0n) is 14.6. The van der Waals surface area contributed by atoms with Crippen LogP contribution in [-0.4, -0.2) is 53.7 Å². The first-order chi connectivity index (χ1) is 11.6. The highest BCUT2D eigenvalue weighted by molar-refractivity contribution is 5.97. The second kappa shape index (κ2) is 7.93. The van der Waals surface area contributed by atoms with Gasteiger partial charge < -0.3 is 4.90 Å². The number of benzene rings is 1. The molecular weight excluding hydrogens is 300 g/mol. The lowest BCUT2D eigenvalue weighted by Crippen LogP contribution is -2.48. The SMILES string of the molecule is CC1CCCCN1C(=O)CN1CCC(C(=O)c2ccccc2)CC1. The first kappa shape index (κ1) is 17.2. The van der Waals surface area contributed by atoms with Crippen molar-refractivity contribution in [1.82, 2.24) is 9.80 Å². The standard InChI is InChI=1S/C20H28N2O2/c1-16-7-5-6-12-22(16)19(23)15-21-13-10-18(11-14-21)20(24)17-8-3-2-4-9-17/h2-4,8-9,16,18H,5-7,10-15H2,1H3. The predicted octanol–water partition coefficient (Wildman–Crippen LogP) is 2.98. The zero-order chi connectivity index (χ0) is 16.9. The van der Waals surface area contributed by atoms with Gasteiger partial charge in [-0.1, -0.05) is 30.3 Å². The fourth-order valence-corrected chi connectivity index (χ4v) is 3.94. The summed E-state index contributed by atoms with van der Waals surface area (Å²) in [4.78, 5) is 29.3. The largest absolute Gasteiger partial charge is 0.339 e. The van der Waals surface area contributed by atoms with Gasteiger partial charge in [-0.2, -0.15) is 0 Å². The molecule has 2 heterocycles. The summed E-state index contributed by atoms with van der Waals surface area (Å²) < 4.78 is 0. The highest BCUT2D eigenvalue weighted by atomic mass is 16.2. The van der Waals surface area contributed by atoms with Gasteiger partial charge in [0.15, 0.2) is 5.78 Å². The number of rotatable bonds is 4. The van der Waals surface area contributed by atoms with Gasteiger partial charge in [0.05, 0.1) is 6.54 Å². The van der Waals surface area contributed by atoms with E-state index in [1.54, 1.807) is 0 Å². The summed E-state index contributed by atoms with van der Waals surface area (Å²) >= 11 is 0. The Morgan fingerprint density at radius 3 is 2.38 bits per heavy atom. The third-order valence-electron chi connectivity index (χ3n) is 5.50. The van der Waals surface area contributed by atoms with E-state index < -0.39 is 0 Å². The number of hydrogen-bond acceptors (Lipinski definition) is 3. The lowest BCUT2D eigenvalue weighted by molar-refractivity contribution is -0.135. The Morgan fingerprint density at radius 2 is 1.71 bits per heavy atom. The van der Waals surface area contributed by atoms with E-state index in [1.807, 2.05) is 35.2 Å². The van der Waals surface area contributed by atoms with Crippen LogP contribution in [0.5, 0.6) is 0 Å². The average molecular weight is 328 g/mol. The molecule has 0 radical (unpaired) electrons. The molecule has 1 aromatic carbocycles. The summed E-state index contributed by atoms with van der Waals surface area (Å²) in [6.45, 7) is 5.26. The highest BCUT2D eigenvalue weighted by Crippen LogP contribution is 2.22. The molecule has 1 aromatic rings. The monoisotopic (exact) mass is 328 g/mol. The smallest absolute Gasteiger partial charge is 0.236 e. The third-order valence-corrected chi connectivity index (χ3v) is 5.50. The van der Waals surface area contributed by atoms with E-state index in [1.165, 1.54) is 6.42 Å².